The second-order valence-corrected chi connectivity index (χ2v) is 10.6. The number of nitrogens with one attached hydrogen (secondary N) is 1. The molecule has 4 heterocycles. The Balaban J connectivity index is 1.46. The zero-order valence-corrected chi connectivity index (χ0v) is 21.3. The predicted octanol–water partition coefficient (Wildman–Crippen LogP) is 4.83. The average Bonchev–Trinajstić information content (AvgIpc) is 3.59. The number of aromatic nitrogens is 6. The molecule has 11 heteroatoms. The lowest BCUT2D eigenvalue weighted by molar-refractivity contribution is -0.141. The SMILES string of the molecule is C[C@@H](c1nc(C(F)(F)F)cc2c(-c3cccc([C@H](c4nncn4C)C4CCC4)c3)n[nH]c12)N1CC[C@H](O)C1. The zero-order chi connectivity index (χ0) is 26.6. The second kappa shape index (κ2) is 9.46. The molecule has 1 aliphatic heterocycles. The van der Waals surface area contributed by atoms with Gasteiger partial charge in [-0.3, -0.25) is 10.00 Å². The Labute approximate surface area is 217 Å². The van der Waals surface area contributed by atoms with Crippen LogP contribution in [-0.2, 0) is 13.2 Å². The fourth-order valence-corrected chi connectivity index (χ4v) is 5.86. The van der Waals surface area contributed by atoms with Crippen LogP contribution in [0.25, 0.3) is 22.2 Å². The maximum absolute atomic E-state index is 14.0. The maximum atomic E-state index is 14.0. The number of benzene rings is 1. The third-order valence-corrected chi connectivity index (χ3v) is 8.18. The first-order valence-corrected chi connectivity index (χ1v) is 13.0. The number of pyridine rings is 1. The molecule has 0 bridgehead atoms. The van der Waals surface area contributed by atoms with Gasteiger partial charge in [-0.15, -0.1) is 10.2 Å². The van der Waals surface area contributed by atoms with E-state index in [2.05, 4.69) is 25.4 Å². The van der Waals surface area contributed by atoms with Crippen molar-refractivity contribution in [1.82, 2.24) is 34.8 Å². The van der Waals surface area contributed by atoms with Gasteiger partial charge in [-0.05, 0) is 49.8 Å². The highest BCUT2D eigenvalue weighted by molar-refractivity contribution is 5.94. The number of hydrogen-bond donors (Lipinski definition) is 2. The van der Waals surface area contributed by atoms with Crippen LogP contribution < -0.4 is 0 Å². The van der Waals surface area contributed by atoms with Crippen molar-refractivity contribution in [3.63, 3.8) is 0 Å². The number of alkyl halides is 3. The molecule has 0 spiro atoms. The first-order chi connectivity index (χ1) is 18.2. The molecule has 3 atom stereocenters. The molecule has 2 aliphatic rings. The number of nitrogens with zero attached hydrogens (tertiary/aromatic N) is 6. The van der Waals surface area contributed by atoms with Gasteiger partial charge >= 0.3 is 6.18 Å². The minimum absolute atomic E-state index is 0.0472. The molecule has 1 aliphatic carbocycles. The third kappa shape index (κ3) is 4.37. The van der Waals surface area contributed by atoms with E-state index in [1.165, 1.54) is 6.42 Å². The number of aliphatic hydroxyl groups is 1. The topological polar surface area (TPSA) is 95.8 Å². The highest BCUT2D eigenvalue weighted by atomic mass is 19.4. The van der Waals surface area contributed by atoms with Crippen LogP contribution >= 0.6 is 0 Å². The number of aryl methyl sites for hydroxylation is 1. The van der Waals surface area contributed by atoms with Gasteiger partial charge in [-0.2, -0.15) is 18.3 Å². The molecule has 4 aromatic rings. The van der Waals surface area contributed by atoms with E-state index in [1.54, 1.807) is 6.33 Å². The van der Waals surface area contributed by atoms with Crippen molar-refractivity contribution in [2.45, 2.75) is 56.8 Å². The molecule has 200 valence electrons. The summed E-state index contributed by atoms with van der Waals surface area (Å²) in [6, 6.07) is 8.53. The summed E-state index contributed by atoms with van der Waals surface area (Å²) in [4.78, 5) is 6.00. The van der Waals surface area contributed by atoms with Crippen molar-refractivity contribution in [1.29, 1.82) is 0 Å². The van der Waals surface area contributed by atoms with Crippen LogP contribution in [0, 0.1) is 5.92 Å². The normalized spacial score (nSPS) is 20.6. The summed E-state index contributed by atoms with van der Waals surface area (Å²) in [6.07, 6.45) is 0.548. The molecule has 8 nitrogen and oxygen atoms in total. The molecule has 1 saturated carbocycles. The van der Waals surface area contributed by atoms with Gasteiger partial charge in [0.05, 0.1) is 23.4 Å². The van der Waals surface area contributed by atoms with Crippen LogP contribution in [0.3, 0.4) is 0 Å². The molecule has 1 saturated heterocycles. The Morgan fingerprint density at radius 1 is 1.16 bits per heavy atom. The Morgan fingerprint density at radius 2 is 1.97 bits per heavy atom. The Morgan fingerprint density at radius 3 is 2.61 bits per heavy atom. The van der Waals surface area contributed by atoms with Gasteiger partial charge < -0.3 is 9.67 Å². The number of H-pyrrole nitrogens is 1. The molecule has 2 fully saturated rings. The lowest BCUT2D eigenvalue weighted by Crippen LogP contribution is -2.27. The largest absolute Gasteiger partial charge is 0.433 e. The predicted molar refractivity (Wildman–Crippen MR) is 135 cm³/mol. The van der Waals surface area contributed by atoms with Gasteiger partial charge in [0.1, 0.15) is 23.5 Å². The number of aromatic amines is 1. The van der Waals surface area contributed by atoms with E-state index in [-0.39, 0.29) is 11.6 Å². The van der Waals surface area contributed by atoms with Crippen molar-refractivity contribution in [3.8, 4) is 11.3 Å². The number of halogens is 3. The number of rotatable bonds is 6. The molecule has 38 heavy (non-hydrogen) atoms. The van der Waals surface area contributed by atoms with Crippen LogP contribution in [0.4, 0.5) is 13.2 Å². The fourth-order valence-electron chi connectivity index (χ4n) is 5.86. The summed E-state index contributed by atoms with van der Waals surface area (Å²) in [5, 5.41) is 26.3. The van der Waals surface area contributed by atoms with Gasteiger partial charge in [-0.1, -0.05) is 24.6 Å². The number of likely N-dealkylation sites (tertiary alicyclic amines) is 1. The van der Waals surface area contributed by atoms with Crippen molar-refractivity contribution in [2.75, 3.05) is 13.1 Å². The molecule has 2 N–H and O–H groups in total. The van der Waals surface area contributed by atoms with Gasteiger partial charge in [0.2, 0.25) is 0 Å². The summed E-state index contributed by atoms with van der Waals surface area (Å²) in [6.45, 7) is 2.81. The van der Waals surface area contributed by atoms with E-state index >= 15 is 0 Å². The first-order valence-electron chi connectivity index (χ1n) is 13.0. The number of fused-ring (bicyclic) bond motifs is 1. The Bertz CT molecular complexity index is 1460. The summed E-state index contributed by atoms with van der Waals surface area (Å²) in [7, 11) is 1.93. The Hall–Kier alpha value is -3.31. The smallest absolute Gasteiger partial charge is 0.392 e. The molecule has 0 radical (unpaired) electrons. The summed E-state index contributed by atoms with van der Waals surface area (Å²) in [5.41, 5.74) is 2.05. The zero-order valence-electron chi connectivity index (χ0n) is 21.3. The minimum Gasteiger partial charge on any atom is -0.392 e. The van der Waals surface area contributed by atoms with E-state index < -0.39 is 24.0 Å². The van der Waals surface area contributed by atoms with Crippen molar-refractivity contribution in [2.24, 2.45) is 13.0 Å². The van der Waals surface area contributed by atoms with E-state index in [0.29, 0.717) is 42.0 Å². The summed E-state index contributed by atoms with van der Waals surface area (Å²) in [5.74, 6) is 1.37. The molecule has 0 unspecified atom stereocenters. The fraction of sp³-hybridized carbons (Fsp3) is 0.481. The van der Waals surface area contributed by atoms with Crippen molar-refractivity contribution >= 4 is 10.9 Å². The molecular weight excluding hydrogens is 495 g/mol. The summed E-state index contributed by atoms with van der Waals surface area (Å²) < 4.78 is 43.9. The molecule has 0 amide bonds. The number of aliphatic hydroxyl groups excluding tert-OH is 1. The van der Waals surface area contributed by atoms with Gasteiger partial charge in [0.15, 0.2) is 0 Å². The van der Waals surface area contributed by atoms with Crippen LogP contribution in [-0.4, -0.2) is 59.1 Å². The van der Waals surface area contributed by atoms with Crippen LogP contribution in [0.5, 0.6) is 0 Å². The van der Waals surface area contributed by atoms with Crippen molar-refractivity contribution in [3.05, 3.63) is 59.4 Å². The van der Waals surface area contributed by atoms with E-state index in [0.717, 1.165) is 35.9 Å². The monoisotopic (exact) mass is 525 g/mol. The lowest BCUT2D eigenvalue weighted by atomic mass is 9.72. The van der Waals surface area contributed by atoms with Crippen LogP contribution in [0.2, 0.25) is 0 Å². The average molecular weight is 526 g/mol. The van der Waals surface area contributed by atoms with Crippen molar-refractivity contribution < 1.29 is 18.3 Å². The van der Waals surface area contributed by atoms with E-state index in [1.807, 2.05) is 47.7 Å². The third-order valence-electron chi connectivity index (χ3n) is 8.18. The highest BCUT2D eigenvalue weighted by Crippen LogP contribution is 2.44. The Kier molecular flexibility index (Phi) is 6.22. The molecule has 3 aromatic heterocycles. The minimum atomic E-state index is -4.61. The number of hydrogen-bond acceptors (Lipinski definition) is 6. The summed E-state index contributed by atoms with van der Waals surface area (Å²) >= 11 is 0. The lowest BCUT2D eigenvalue weighted by Gasteiger charge is -2.33. The molecular formula is C27H30F3N7O. The van der Waals surface area contributed by atoms with Crippen LogP contribution in [0.15, 0.2) is 36.7 Å². The van der Waals surface area contributed by atoms with Gasteiger partial charge in [0.25, 0.3) is 0 Å². The quantitative estimate of drug-likeness (QED) is 0.374. The second-order valence-electron chi connectivity index (χ2n) is 10.6. The highest BCUT2D eigenvalue weighted by Gasteiger charge is 2.37. The maximum Gasteiger partial charge on any atom is 0.433 e. The van der Waals surface area contributed by atoms with E-state index in [4.69, 9.17) is 0 Å². The van der Waals surface area contributed by atoms with Gasteiger partial charge in [0, 0.05) is 37.0 Å². The molecule has 1 aromatic carbocycles. The van der Waals surface area contributed by atoms with Crippen LogP contribution in [0.1, 0.15) is 67.3 Å². The molecule has 6 rings (SSSR count). The standard InChI is InChI=1S/C27H30F3N7O/c1-15(37-10-9-19(38)13-37)23-25-20(12-21(32-23)27(28,29)30)24(33-34-25)18-8-4-7-17(11-18)22(16-5-3-6-16)26-35-31-14-36(26)2/h4,7-8,11-12,14-16,19,22,38H,3,5-6,9-10,13H2,1-2H3,(H,33,34)/t15-,19-,22+/m0/s1. The first kappa shape index (κ1) is 25.0. The van der Waals surface area contributed by atoms with E-state index in [9.17, 15) is 18.3 Å². The van der Waals surface area contributed by atoms with Gasteiger partial charge in [-0.25, -0.2) is 4.98 Å². The number of β-amino-alcohol motifs (C(OH)–C–C–N with tert-alkyl or cyclic N) is 1.